The van der Waals surface area contributed by atoms with E-state index in [0.717, 1.165) is 0 Å². The van der Waals surface area contributed by atoms with Crippen LogP contribution in [0, 0.1) is 0 Å². The van der Waals surface area contributed by atoms with E-state index in [1.54, 1.807) is 6.08 Å². The van der Waals surface area contributed by atoms with Gasteiger partial charge in [-0.2, -0.15) is 0 Å². The number of carbonyl (C=O) groups excluding carboxylic acids is 2. The van der Waals surface area contributed by atoms with Gasteiger partial charge in [0.25, 0.3) is 5.91 Å². The van der Waals surface area contributed by atoms with Gasteiger partial charge in [-0.1, -0.05) is 6.08 Å². The lowest BCUT2D eigenvalue weighted by Gasteiger charge is -2.50. The van der Waals surface area contributed by atoms with E-state index >= 15 is 0 Å². The SMILES string of the molecule is C=CCN1C(=O)NC2(CC(C)(C)NC(C)(C)C2)C1=O. The molecular formula is C14H23N3O2. The van der Waals surface area contributed by atoms with E-state index < -0.39 is 5.54 Å². The standard InChI is InChI=1S/C14H23N3O2/c1-6-7-17-10(18)14(15-11(17)19)8-12(2,3)16-13(4,5)9-14/h6,16H,1,7-9H2,2-5H3,(H,15,19). The Labute approximate surface area is 114 Å². The molecule has 19 heavy (non-hydrogen) atoms. The van der Waals surface area contributed by atoms with Crippen molar-refractivity contribution in [3.63, 3.8) is 0 Å². The second-order valence-corrected chi connectivity index (χ2v) is 6.96. The third-order valence-electron chi connectivity index (χ3n) is 3.72. The van der Waals surface area contributed by atoms with Crippen molar-refractivity contribution >= 4 is 11.9 Å². The highest BCUT2D eigenvalue weighted by Gasteiger charge is 2.58. The predicted octanol–water partition coefficient (Wildman–Crippen LogP) is 1.40. The fourth-order valence-electron chi connectivity index (χ4n) is 3.79. The highest BCUT2D eigenvalue weighted by molar-refractivity contribution is 6.07. The molecule has 0 aromatic carbocycles. The van der Waals surface area contributed by atoms with E-state index in [0.29, 0.717) is 12.8 Å². The molecule has 0 radical (unpaired) electrons. The molecule has 2 rings (SSSR count). The summed E-state index contributed by atoms with van der Waals surface area (Å²) in [7, 11) is 0. The van der Waals surface area contributed by atoms with E-state index in [9.17, 15) is 9.59 Å². The first-order valence-corrected chi connectivity index (χ1v) is 6.65. The van der Waals surface area contributed by atoms with E-state index in [1.807, 2.05) is 0 Å². The molecule has 0 saturated carbocycles. The largest absolute Gasteiger partial charge is 0.325 e. The van der Waals surface area contributed by atoms with Crippen molar-refractivity contribution in [2.24, 2.45) is 0 Å². The summed E-state index contributed by atoms with van der Waals surface area (Å²) in [5.74, 6) is -0.125. The van der Waals surface area contributed by atoms with Gasteiger partial charge >= 0.3 is 6.03 Å². The molecule has 1 spiro atoms. The number of rotatable bonds is 2. The lowest BCUT2D eigenvalue weighted by molar-refractivity contribution is -0.134. The number of amides is 3. The number of hydrogen-bond acceptors (Lipinski definition) is 3. The summed E-state index contributed by atoms with van der Waals surface area (Å²) in [6, 6.07) is -0.307. The van der Waals surface area contributed by atoms with Gasteiger partial charge in [0.2, 0.25) is 0 Å². The molecule has 0 aromatic rings. The number of nitrogens with zero attached hydrogens (tertiary/aromatic N) is 1. The van der Waals surface area contributed by atoms with Crippen LogP contribution in [0.3, 0.4) is 0 Å². The van der Waals surface area contributed by atoms with Crippen LogP contribution in [0.1, 0.15) is 40.5 Å². The number of piperidine rings is 1. The van der Waals surface area contributed by atoms with Crippen LogP contribution < -0.4 is 10.6 Å². The van der Waals surface area contributed by atoms with Crippen LogP contribution in [0.15, 0.2) is 12.7 Å². The fraction of sp³-hybridized carbons (Fsp3) is 0.714. The van der Waals surface area contributed by atoms with Gasteiger partial charge < -0.3 is 10.6 Å². The zero-order valence-corrected chi connectivity index (χ0v) is 12.2. The van der Waals surface area contributed by atoms with Crippen molar-refractivity contribution in [3.8, 4) is 0 Å². The van der Waals surface area contributed by atoms with Gasteiger partial charge in [0, 0.05) is 17.6 Å². The Hall–Kier alpha value is -1.36. The van der Waals surface area contributed by atoms with E-state index in [4.69, 9.17) is 0 Å². The average Bonchev–Trinajstić information content (AvgIpc) is 2.38. The van der Waals surface area contributed by atoms with Crippen LogP contribution in [-0.4, -0.2) is 40.0 Å². The van der Waals surface area contributed by atoms with Gasteiger partial charge in [-0.3, -0.25) is 9.69 Å². The molecule has 2 aliphatic rings. The first-order chi connectivity index (χ1) is 8.61. The maximum atomic E-state index is 12.6. The van der Waals surface area contributed by atoms with Gasteiger partial charge in [-0.15, -0.1) is 6.58 Å². The van der Waals surface area contributed by atoms with Crippen molar-refractivity contribution < 1.29 is 9.59 Å². The Morgan fingerprint density at radius 1 is 1.21 bits per heavy atom. The summed E-state index contributed by atoms with van der Waals surface area (Å²) in [5.41, 5.74) is -1.18. The van der Waals surface area contributed by atoms with Crippen LogP contribution in [0.2, 0.25) is 0 Å². The summed E-state index contributed by atoms with van der Waals surface area (Å²) in [4.78, 5) is 25.9. The van der Waals surface area contributed by atoms with Crippen LogP contribution in [0.25, 0.3) is 0 Å². The zero-order chi connectivity index (χ0) is 14.5. The van der Waals surface area contributed by atoms with E-state index in [2.05, 4.69) is 44.9 Å². The molecule has 0 unspecified atom stereocenters. The van der Waals surface area contributed by atoms with Crippen molar-refractivity contribution in [3.05, 3.63) is 12.7 Å². The summed E-state index contributed by atoms with van der Waals surface area (Å²) in [5, 5.41) is 6.44. The predicted molar refractivity (Wildman–Crippen MR) is 73.7 cm³/mol. The van der Waals surface area contributed by atoms with Gasteiger partial charge in [0.15, 0.2) is 0 Å². The summed E-state index contributed by atoms with van der Waals surface area (Å²) < 4.78 is 0. The molecule has 3 amide bonds. The first kappa shape index (κ1) is 14.1. The third-order valence-corrected chi connectivity index (χ3v) is 3.72. The van der Waals surface area contributed by atoms with Gasteiger partial charge in [-0.25, -0.2) is 4.79 Å². The topological polar surface area (TPSA) is 61.4 Å². The maximum Gasteiger partial charge on any atom is 0.325 e. The number of nitrogens with one attached hydrogen (secondary N) is 2. The number of urea groups is 1. The Kier molecular flexibility index (Phi) is 3.01. The van der Waals surface area contributed by atoms with Crippen molar-refractivity contribution in [2.45, 2.75) is 57.2 Å². The molecule has 106 valence electrons. The van der Waals surface area contributed by atoms with Gasteiger partial charge in [0.05, 0.1) is 0 Å². The summed E-state index contributed by atoms with van der Waals surface area (Å²) in [6.07, 6.45) is 2.77. The van der Waals surface area contributed by atoms with E-state index in [-0.39, 0.29) is 29.6 Å². The average molecular weight is 265 g/mol. The van der Waals surface area contributed by atoms with Crippen molar-refractivity contribution in [1.82, 2.24) is 15.5 Å². The minimum absolute atomic E-state index is 0.125. The molecular weight excluding hydrogens is 242 g/mol. The van der Waals surface area contributed by atoms with Gasteiger partial charge in [0.1, 0.15) is 5.54 Å². The lowest BCUT2D eigenvalue weighted by Crippen LogP contribution is -2.68. The molecule has 0 aromatic heterocycles. The molecule has 5 heteroatoms. The third kappa shape index (κ3) is 2.39. The summed E-state index contributed by atoms with van der Waals surface area (Å²) >= 11 is 0. The molecule has 2 fully saturated rings. The molecule has 2 heterocycles. The maximum absolute atomic E-state index is 12.6. The minimum Gasteiger partial charge on any atom is -0.323 e. The Morgan fingerprint density at radius 3 is 2.21 bits per heavy atom. The Bertz CT molecular complexity index is 424. The second-order valence-electron chi connectivity index (χ2n) is 6.96. The minimum atomic E-state index is -0.779. The Morgan fingerprint density at radius 2 is 1.74 bits per heavy atom. The molecule has 2 aliphatic heterocycles. The molecule has 5 nitrogen and oxygen atoms in total. The molecule has 0 aliphatic carbocycles. The zero-order valence-electron chi connectivity index (χ0n) is 12.2. The Balaban J connectivity index is 2.35. The van der Waals surface area contributed by atoms with Crippen molar-refractivity contribution in [1.29, 1.82) is 0 Å². The highest BCUT2D eigenvalue weighted by Crippen LogP contribution is 2.39. The second kappa shape index (κ2) is 4.07. The number of carbonyl (C=O) groups is 2. The molecule has 2 saturated heterocycles. The van der Waals surface area contributed by atoms with E-state index in [1.165, 1.54) is 4.90 Å². The smallest absolute Gasteiger partial charge is 0.323 e. The molecule has 0 atom stereocenters. The normalized spacial score (nSPS) is 27.5. The quantitative estimate of drug-likeness (QED) is 0.586. The van der Waals surface area contributed by atoms with Crippen LogP contribution in [0.5, 0.6) is 0 Å². The lowest BCUT2D eigenvalue weighted by atomic mass is 9.71. The molecule has 2 N–H and O–H groups in total. The fourth-order valence-corrected chi connectivity index (χ4v) is 3.79. The van der Waals surface area contributed by atoms with Crippen LogP contribution in [-0.2, 0) is 4.79 Å². The van der Waals surface area contributed by atoms with Gasteiger partial charge in [-0.05, 0) is 40.5 Å². The van der Waals surface area contributed by atoms with Crippen LogP contribution >= 0.6 is 0 Å². The van der Waals surface area contributed by atoms with Crippen LogP contribution in [0.4, 0.5) is 4.79 Å². The molecule has 0 bridgehead atoms. The number of imide groups is 1. The highest BCUT2D eigenvalue weighted by atomic mass is 16.2. The van der Waals surface area contributed by atoms with Crippen molar-refractivity contribution in [2.75, 3.05) is 6.54 Å². The number of hydrogen-bond donors (Lipinski definition) is 2. The summed E-state index contributed by atoms with van der Waals surface area (Å²) in [6.45, 7) is 12.1. The monoisotopic (exact) mass is 265 g/mol. The first-order valence-electron chi connectivity index (χ1n) is 6.65.